The molecule has 0 atom stereocenters. The van der Waals surface area contributed by atoms with Crippen LogP contribution in [0.3, 0.4) is 0 Å². The zero-order chi connectivity index (χ0) is 23.4. The van der Waals surface area contributed by atoms with Gasteiger partial charge in [-0.05, 0) is 49.7 Å². The second kappa shape index (κ2) is 9.90. The van der Waals surface area contributed by atoms with E-state index in [1.165, 1.54) is 6.07 Å². The van der Waals surface area contributed by atoms with Crippen LogP contribution in [-0.4, -0.2) is 53.9 Å². The molecule has 0 N–H and O–H groups in total. The van der Waals surface area contributed by atoms with E-state index < -0.39 is 0 Å². The molecule has 4 rings (SSSR count). The van der Waals surface area contributed by atoms with E-state index in [1.54, 1.807) is 18.5 Å². The monoisotopic (exact) mass is 447 g/mol. The van der Waals surface area contributed by atoms with Crippen LogP contribution >= 0.6 is 0 Å². The number of benzene rings is 2. The second-order valence-corrected chi connectivity index (χ2v) is 8.35. The van der Waals surface area contributed by atoms with Gasteiger partial charge in [0.15, 0.2) is 5.78 Å². The third-order valence-electron chi connectivity index (χ3n) is 6.18. The maximum absolute atomic E-state index is 12.6. The molecule has 2 aromatic carbocycles. The normalized spacial score (nSPS) is 13.9. The van der Waals surface area contributed by atoms with E-state index in [4.69, 9.17) is 4.74 Å². The third-order valence-corrected chi connectivity index (χ3v) is 6.18. The summed E-state index contributed by atoms with van der Waals surface area (Å²) in [5.41, 5.74) is 2.49. The van der Waals surface area contributed by atoms with Gasteiger partial charge in [-0.2, -0.15) is 0 Å². The summed E-state index contributed by atoms with van der Waals surface area (Å²) in [4.78, 5) is 40.4. The maximum atomic E-state index is 12.6. The van der Waals surface area contributed by atoms with Gasteiger partial charge in [0.05, 0.1) is 12.1 Å². The van der Waals surface area contributed by atoms with Crippen molar-refractivity contribution in [2.75, 3.05) is 37.7 Å². The molecule has 0 spiro atoms. The topological polar surface area (TPSA) is 71.9 Å². The number of hydrogen-bond acceptors (Lipinski definition) is 5. The Balaban J connectivity index is 1.25. The van der Waals surface area contributed by atoms with Gasteiger partial charge in [0, 0.05) is 62.4 Å². The summed E-state index contributed by atoms with van der Waals surface area (Å²) < 4.78 is 7.48. The summed E-state index contributed by atoms with van der Waals surface area (Å²) in [6, 6.07) is 16.8. The number of rotatable bonds is 7. The fraction of sp³-hybridized carbons (Fsp3) is 0.346. The lowest BCUT2D eigenvalue weighted by Crippen LogP contribution is -2.48. The number of carbonyl (C=O) groups excluding carboxylic acids is 2. The van der Waals surface area contributed by atoms with E-state index in [2.05, 4.69) is 4.90 Å². The molecule has 0 aliphatic carbocycles. The molecule has 172 valence electrons. The molecule has 1 fully saturated rings. The van der Waals surface area contributed by atoms with Crippen molar-refractivity contribution < 1.29 is 14.3 Å². The Morgan fingerprint density at radius 2 is 1.67 bits per heavy atom. The van der Waals surface area contributed by atoms with Gasteiger partial charge < -0.3 is 19.1 Å². The highest BCUT2D eigenvalue weighted by Crippen LogP contribution is 2.23. The van der Waals surface area contributed by atoms with Crippen molar-refractivity contribution in [3.63, 3.8) is 0 Å². The molecule has 2 heterocycles. The maximum Gasteiger partial charge on any atom is 0.254 e. The Morgan fingerprint density at radius 1 is 0.970 bits per heavy atom. The molecule has 7 nitrogen and oxygen atoms in total. The number of hydrogen-bond donors (Lipinski definition) is 0. The fourth-order valence-electron chi connectivity index (χ4n) is 4.18. The number of para-hydroxylation sites is 1. The molecule has 0 radical (unpaired) electrons. The zero-order valence-electron chi connectivity index (χ0n) is 19.1. The number of Topliss-reactive ketones (excluding diaryl/α,β-unsaturated/α-hetero) is 1. The number of aromatic nitrogens is 1. The van der Waals surface area contributed by atoms with Crippen LogP contribution in [-0.2, 0) is 11.8 Å². The first-order valence-electron chi connectivity index (χ1n) is 11.3. The highest BCUT2D eigenvalue weighted by molar-refractivity contribution is 5.94. The molecule has 1 aliphatic rings. The summed E-state index contributed by atoms with van der Waals surface area (Å²) in [6.45, 7) is 4.82. The minimum atomic E-state index is -0.117. The SMILES string of the molecule is CC(=O)c1ccc(N2CCN(C(=O)CCCOc3cc(=O)n(C)c4ccccc34)CC2)cc1. The third kappa shape index (κ3) is 5.08. The van der Waals surface area contributed by atoms with Crippen LogP contribution in [0.15, 0.2) is 59.4 Å². The molecule has 33 heavy (non-hydrogen) atoms. The minimum absolute atomic E-state index is 0.0591. The van der Waals surface area contributed by atoms with Crippen LogP contribution in [0.25, 0.3) is 10.9 Å². The highest BCUT2D eigenvalue weighted by Gasteiger charge is 2.21. The Hall–Kier alpha value is -3.61. The van der Waals surface area contributed by atoms with Crippen LogP contribution in [0.2, 0.25) is 0 Å². The van der Waals surface area contributed by atoms with Crippen molar-refractivity contribution in [1.82, 2.24) is 9.47 Å². The van der Waals surface area contributed by atoms with Gasteiger partial charge in [-0.1, -0.05) is 12.1 Å². The lowest BCUT2D eigenvalue weighted by molar-refractivity contribution is -0.131. The molecular weight excluding hydrogens is 418 g/mol. The van der Waals surface area contributed by atoms with Crippen LogP contribution in [0, 0.1) is 0 Å². The van der Waals surface area contributed by atoms with E-state index in [1.807, 2.05) is 53.4 Å². The number of nitrogens with zero attached hydrogens (tertiary/aromatic N) is 3. The quantitative estimate of drug-likeness (QED) is 0.411. The lowest BCUT2D eigenvalue weighted by Gasteiger charge is -2.36. The van der Waals surface area contributed by atoms with Gasteiger partial charge in [0.25, 0.3) is 5.56 Å². The predicted octanol–water partition coefficient (Wildman–Crippen LogP) is 3.25. The van der Waals surface area contributed by atoms with Crippen molar-refractivity contribution in [1.29, 1.82) is 0 Å². The average molecular weight is 448 g/mol. The van der Waals surface area contributed by atoms with Gasteiger partial charge in [-0.3, -0.25) is 14.4 Å². The number of anilines is 1. The molecule has 7 heteroatoms. The smallest absolute Gasteiger partial charge is 0.254 e. The van der Waals surface area contributed by atoms with E-state index in [0.717, 1.165) is 29.7 Å². The van der Waals surface area contributed by atoms with Gasteiger partial charge in [0.2, 0.25) is 5.91 Å². The lowest BCUT2D eigenvalue weighted by atomic mass is 10.1. The Morgan fingerprint density at radius 3 is 2.36 bits per heavy atom. The molecule has 1 aliphatic heterocycles. The van der Waals surface area contributed by atoms with Gasteiger partial charge in [0.1, 0.15) is 5.75 Å². The number of piperazine rings is 1. The first kappa shape index (κ1) is 22.6. The number of ether oxygens (including phenoxy) is 1. The highest BCUT2D eigenvalue weighted by atomic mass is 16.5. The van der Waals surface area contributed by atoms with Gasteiger partial charge >= 0.3 is 0 Å². The Labute approximate surface area is 193 Å². The average Bonchev–Trinajstić information content (AvgIpc) is 2.84. The van der Waals surface area contributed by atoms with Crippen LogP contribution < -0.4 is 15.2 Å². The summed E-state index contributed by atoms with van der Waals surface area (Å²) in [5.74, 6) is 0.744. The van der Waals surface area contributed by atoms with Crippen LogP contribution in [0.1, 0.15) is 30.1 Å². The molecule has 1 amide bonds. The minimum Gasteiger partial charge on any atom is -0.493 e. The first-order chi connectivity index (χ1) is 15.9. The van der Waals surface area contributed by atoms with Crippen molar-refractivity contribution >= 4 is 28.3 Å². The van der Waals surface area contributed by atoms with E-state index in [0.29, 0.717) is 43.9 Å². The number of carbonyl (C=O) groups is 2. The summed E-state index contributed by atoms with van der Waals surface area (Å²) in [5, 5.41) is 0.887. The van der Waals surface area contributed by atoms with Gasteiger partial charge in [-0.25, -0.2) is 0 Å². The molecule has 1 aromatic heterocycles. The van der Waals surface area contributed by atoms with Crippen molar-refractivity contribution in [3.8, 4) is 5.75 Å². The number of ketones is 1. The Kier molecular flexibility index (Phi) is 6.77. The summed E-state index contributed by atoms with van der Waals surface area (Å²) in [7, 11) is 1.74. The number of fused-ring (bicyclic) bond motifs is 1. The van der Waals surface area contributed by atoms with Crippen LogP contribution in [0.4, 0.5) is 5.69 Å². The first-order valence-corrected chi connectivity index (χ1v) is 11.3. The predicted molar refractivity (Wildman–Crippen MR) is 129 cm³/mol. The van der Waals surface area contributed by atoms with Crippen molar-refractivity contribution in [2.24, 2.45) is 7.05 Å². The molecule has 3 aromatic rings. The summed E-state index contributed by atoms with van der Waals surface area (Å²) >= 11 is 0. The number of amides is 1. The standard InChI is InChI=1S/C26H29N3O4/c1-19(30)20-9-11-21(12-10-20)28-13-15-29(16-14-28)25(31)8-5-17-33-24-18-26(32)27(2)23-7-4-3-6-22(23)24/h3-4,6-7,9-12,18H,5,8,13-17H2,1-2H3. The van der Waals surface area contributed by atoms with Crippen molar-refractivity contribution in [2.45, 2.75) is 19.8 Å². The number of aryl methyl sites for hydroxylation is 1. The Bertz CT molecular complexity index is 1210. The van der Waals surface area contributed by atoms with E-state index in [-0.39, 0.29) is 17.2 Å². The van der Waals surface area contributed by atoms with Crippen LogP contribution in [0.5, 0.6) is 5.75 Å². The largest absolute Gasteiger partial charge is 0.493 e. The van der Waals surface area contributed by atoms with E-state index >= 15 is 0 Å². The fourth-order valence-corrected chi connectivity index (χ4v) is 4.18. The second-order valence-electron chi connectivity index (χ2n) is 8.35. The van der Waals surface area contributed by atoms with Crippen molar-refractivity contribution in [3.05, 3.63) is 70.5 Å². The molecule has 0 unspecified atom stereocenters. The molecule has 0 bridgehead atoms. The van der Waals surface area contributed by atoms with Gasteiger partial charge in [-0.15, -0.1) is 0 Å². The summed E-state index contributed by atoms with van der Waals surface area (Å²) in [6.07, 6.45) is 1.01. The molecule has 0 saturated carbocycles. The molecule has 1 saturated heterocycles. The number of pyridine rings is 1. The zero-order valence-corrected chi connectivity index (χ0v) is 19.1. The molecular formula is C26H29N3O4. The van der Waals surface area contributed by atoms with E-state index in [9.17, 15) is 14.4 Å².